The average Bonchev–Trinajstić information content (AvgIpc) is 2.75. The van der Waals surface area contributed by atoms with Crippen LogP contribution < -0.4 is 0 Å². The third-order valence-electron chi connectivity index (χ3n) is 2.88. The summed E-state index contributed by atoms with van der Waals surface area (Å²) in [4.78, 5) is 4.60. The maximum Gasteiger partial charge on any atom is 0.0900 e. The van der Waals surface area contributed by atoms with E-state index in [0.717, 1.165) is 30.1 Å². The molecule has 3 rings (SSSR count). The minimum atomic E-state index is 0.865. The molecule has 0 amide bonds. The van der Waals surface area contributed by atoms with Gasteiger partial charge in [-0.05, 0) is 25.0 Å². The Labute approximate surface area is 94.2 Å². The van der Waals surface area contributed by atoms with E-state index < -0.39 is 0 Å². The van der Waals surface area contributed by atoms with Crippen molar-refractivity contribution < 1.29 is 0 Å². The van der Waals surface area contributed by atoms with Crippen LogP contribution in [-0.4, -0.2) is 22.5 Å². The summed E-state index contributed by atoms with van der Waals surface area (Å²) in [5.74, 6) is 0. The number of aryl methyl sites for hydroxylation is 1. The van der Waals surface area contributed by atoms with Crippen molar-refractivity contribution >= 4 is 5.71 Å². The summed E-state index contributed by atoms with van der Waals surface area (Å²) >= 11 is 0. The van der Waals surface area contributed by atoms with Crippen molar-refractivity contribution in [3.05, 3.63) is 52.8 Å². The highest BCUT2D eigenvalue weighted by Crippen LogP contribution is 2.19. The zero-order valence-electron chi connectivity index (χ0n) is 9.20. The number of aliphatic imine (C=N–C) groups is 1. The molecule has 1 aromatic heterocycles. The van der Waals surface area contributed by atoms with E-state index in [9.17, 15) is 0 Å². The van der Waals surface area contributed by atoms with E-state index in [1.807, 2.05) is 13.0 Å². The van der Waals surface area contributed by atoms with E-state index >= 15 is 0 Å². The summed E-state index contributed by atoms with van der Waals surface area (Å²) in [6.45, 7) is 2.85. The van der Waals surface area contributed by atoms with Crippen LogP contribution >= 0.6 is 0 Å². The second kappa shape index (κ2) is 3.59. The number of nitrogens with one attached hydrogen (secondary N) is 1. The molecular weight excluding hydrogens is 198 g/mol. The van der Waals surface area contributed by atoms with Crippen LogP contribution in [0.4, 0.5) is 0 Å². The Hall–Kier alpha value is -1.90. The standard InChI is InChI=1S/C13H13N3/c1-9-8-12(16-15-9)13-11-5-3-2-4-10(11)6-7-14-13/h2-5,8H,6-7H2,1H3,(H,15,16). The number of fused-ring (bicyclic) bond motifs is 1. The topological polar surface area (TPSA) is 41.0 Å². The van der Waals surface area contributed by atoms with Gasteiger partial charge >= 0.3 is 0 Å². The second-order valence-electron chi connectivity index (χ2n) is 4.06. The summed E-state index contributed by atoms with van der Waals surface area (Å²) in [7, 11) is 0. The summed E-state index contributed by atoms with van der Waals surface area (Å²) in [5, 5.41) is 7.19. The fourth-order valence-electron chi connectivity index (χ4n) is 2.12. The number of hydrogen-bond donors (Lipinski definition) is 1. The van der Waals surface area contributed by atoms with Crippen molar-refractivity contribution in [2.24, 2.45) is 4.99 Å². The molecule has 1 aromatic carbocycles. The van der Waals surface area contributed by atoms with E-state index in [0.29, 0.717) is 0 Å². The lowest BCUT2D eigenvalue weighted by Gasteiger charge is -2.15. The highest BCUT2D eigenvalue weighted by Gasteiger charge is 2.16. The predicted octanol–water partition coefficient (Wildman–Crippen LogP) is 2.11. The zero-order valence-corrected chi connectivity index (χ0v) is 9.20. The number of rotatable bonds is 1. The first kappa shape index (κ1) is 9.33. The van der Waals surface area contributed by atoms with Gasteiger partial charge in [-0.2, -0.15) is 5.10 Å². The minimum Gasteiger partial charge on any atom is -0.282 e. The first-order valence-electron chi connectivity index (χ1n) is 5.50. The van der Waals surface area contributed by atoms with Crippen molar-refractivity contribution in [1.29, 1.82) is 0 Å². The lowest BCUT2D eigenvalue weighted by atomic mass is 9.96. The Bertz CT molecular complexity index is 552. The summed E-state index contributed by atoms with van der Waals surface area (Å²) in [5.41, 5.74) is 5.67. The van der Waals surface area contributed by atoms with Gasteiger partial charge in [0.25, 0.3) is 0 Å². The molecule has 3 heteroatoms. The van der Waals surface area contributed by atoms with Crippen molar-refractivity contribution in [3.63, 3.8) is 0 Å². The van der Waals surface area contributed by atoms with Crippen LogP contribution in [0.25, 0.3) is 0 Å². The Morgan fingerprint density at radius 1 is 1.25 bits per heavy atom. The van der Waals surface area contributed by atoms with Crippen molar-refractivity contribution in [2.75, 3.05) is 6.54 Å². The lowest BCUT2D eigenvalue weighted by Crippen LogP contribution is -2.14. The largest absolute Gasteiger partial charge is 0.282 e. The molecule has 2 aromatic rings. The summed E-state index contributed by atoms with van der Waals surface area (Å²) < 4.78 is 0. The molecule has 0 spiro atoms. The molecule has 0 bridgehead atoms. The number of aromatic nitrogens is 2. The number of benzene rings is 1. The number of aromatic amines is 1. The van der Waals surface area contributed by atoms with Gasteiger partial charge in [-0.15, -0.1) is 0 Å². The smallest absolute Gasteiger partial charge is 0.0900 e. The van der Waals surface area contributed by atoms with Crippen LogP contribution in [0.5, 0.6) is 0 Å². The quantitative estimate of drug-likeness (QED) is 0.771. The van der Waals surface area contributed by atoms with E-state index in [-0.39, 0.29) is 0 Å². The summed E-state index contributed by atoms with van der Waals surface area (Å²) in [6, 6.07) is 10.5. The number of H-pyrrole nitrogens is 1. The second-order valence-corrected chi connectivity index (χ2v) is 4.06. The molecule has 1 aliphatic rings. The SMILES string of the molecule is Cc1cc(C2=NCCc3ccccc32)[nH]n1. The molecule has 80 valence electrons. The fourth-order valence-corrected chi connectivity index (χ4v) is 2.12. The van der Waals surface area contributed by atoms with Gasteiger partial charge in [-0.3, -0.25) is 10.1 Å². The molecular formula is C13H13N3. The normalized spacial score (nSPS) is 14.4. The van der Waals surface area contributed by atoms with Gasteiger partial charge < -0.3 is 0 Å². The Kier molecular flexibility index (Phi) is 2.10. The van der Waals surface area contributed by atoms with E-state index in [4.69, 9.17) is 0 Å². The van der Waals surface area contributed by atoms with Crippen molar-refractivity contribution in [2.45, 2.75) is 13.3 Å². The van der Waals surface area contributed by atoms with Crippen LogP contribution in [0, 0.1) is 6.92 Å². The average molecular weight is 211 g/mol. The van der Waals surface area contributed by atoms with Gasteiger partial charge in [-0.1, -0.05) is 24.3 Å². The molecule has 3 nitrogen and oxygen atoms in total. The van der Waals surface area contributed by atoms with Crippen LogP contribution in [-0.2, 0) is 6.42 Å². The van der Waals surface area contributed by atoms with E-state index in [2.05, 4.69) is 39.5 Å². The molecule has 16 heavy (non-hydrogen) atoms. The molecule has 0 atom stereocenters. The van der Waals surface area contributed by atoms with E-state index in [1.54, 1.807) is 0 Å². The first-order chi connectivity index (χ1) is 7.84. The zero-order chi connectivity index (χ0) is 11.0. The molecule has 2 heterocycles. The number of hydrogen-bond acceptors (Lipinski definition) is 2. The van der Waals surface area contributed by atoms with Crippen LogP contribution in [0.15, 0.2) is 35.3 Å². The minimum absolute atomic E-state index is 0.865. The molecule has 1 aliphatic heterocycles. The number of nitrogens with zero attached hydrogens (tertiary/aromatic N) is 2. The molecule has 0 aliphatic carbocycles. The maximum atomic E-state index is 4.60. The monoisotopic (exact) mass is 211 g/mol. The van der Waals surface area contributed by atoms with Gasteiger partial charge in [0.05, 0.1) is 17.1 Å². The Morgan fingerprint density at radius 2 is 2.12 bits per heavy atom. The molecule has 0 radical (unpaired) electrons. The van der Waals surface area contributed by atoms with Crippen LogP contribution in [0.1, 0.15) is 22.5 Å². The maximum absolute atomic E-state index is 4.60. The van der Waals surface area contributed by atoms with Crippen LogP contribution in [0.3, 0.4) is 0 Å². The van der Waals surface area contributed by atoms with Gasteiger partial charge in [0.15, 0.2) is 0 Å². The van der Waals surface area contributed by atoms with Crippen molar-refractivity contribution in [3.8, 4) is 0 Å². The highest BCUT2D eigenvalue weighted by atomic mass is 15.1. The van der Waals surface area contributed by atoms with Crippen molar-refractivity contribution in [1.82, 2.24) is 10.2 Å². The summed E-state index contributed by atoms with van der Waals surface area (Å²) in [6.07, 6.45) is 1.03. The van der Waals surface area contributed by atoms with E-state index in [1.165, 1.54) is 11.1 Å². The van der Waals surface area contributed by atoms with Gasteiger partial charge in [0.1, 0.15) is 0 Å². The molecule has 0 fully saturated rings. The Morgan fingerprint density at radius 3 is 2.94 bits per heavy atom. The third kappa shape index (κ3) is 1.45. The fraction of sp³-hybridized carbons (Fsp3) is 0.231. The molecule has 0 unspecified atom stereocenters. The molecule has 1 N–H and O–H groups in total. The molecule has 0 saturated heterocycles. The van der Waals surface area contributed by atoms with Gasteiger partial charge in [0.2, 0.25) is 0 Å². The highest BCUT2D eigenvalue weighted by molar-refractivity contribution is 6.13. The Balaban J connectivity index is 2.12. The van der Waals surface area contributed by atoms with Gasteiger partial charge in [0, 0.05) is 12.1 Å². The van der Waals surface area contributed by atoms with Crippen LogP contribution in [0.2, 0.25) is 0 Å². The predicted molar refractivity (Wildman–Crippen MR) is 64.0 cm³/mol. The molecule has 0 saturated carbocycles. The van der Waals surface area contributed by atoms with Gasteiger partial charge in [-0.25, -0.2) is 0 Å². The first-order valence-corrected chi connectivity index (χ1v) is 5.50. The third-order valence-corrected chi connectivity index (χ3v) is 2.88. The lowest BCUT2D eigenvalue weighted by molar-refractivity contribution is 0.938.